The van der Waals surface area contributed by atoms with E-state index < -0.39 is 0 Å². The van der Waals surface area contributed by atoms with Gasteiger partial charge in [0.15, 0.2) is 0 Å². The van der Waals surface area contributed by atoms with Crippen LogP contribution in [0.3, 0.4) is 0 Å². The van der Waals surface area contributed by atoms with Gasteiger partial charge >= 0.3 is 5.97 Å². The van der Waals surface area contributed by atoms with E-state index in [1.807, 2.05) is 14.1 Å². The summed E-state index contributed by atoms with van der Waals surface area (Å²) in [6.45, 7) is 0.870. The van der Waals surface area contributed by atoms with E-state index in [2.05, 4.69) is 10.1 Å². The molecule has 0 spiro atoms. The van der Waals surface area contributed by atoms with Gasteiger partial charge in [-0.15, -0.1) is 0 Å². The molecule has 0 radical (unpaired) electrons. The van der Waals surface area contributed by atoms with Crippen LogP contribution in [0.25, 0.3) is 0 Å². The number of esters is 1. The Morgan fingerprint density at radius 3 is 2.25 bits per heavy atom. The predicted molar refractivity (Wildman–Crippen MR) is 48.7 cm³/mol. The number of nitrogens with one attached hydrogen (secondary N) is 1. The Balaban J connectivity index is 0. The molecule has 74 valence electrons. The Morgan fingerprint density at radius 2 is 1.92 bits per heavy atom. The summed E-state index contributed by atoms with van der Waals surface area (Å²) in [7, 11) is 3.75. The summed E-state index contributed by atoms with van der Waals surface area (Å²) in [6.07, 6.45) is 0.700. The minimum absolute atomic E-state index is 0.0510. The van der Waals surface area contributed by atoms with Crippen molar-refractivity contribution < 1.29 is 9.53 Å². The number of nitrogens with two attached hydrogens (primary N) is 2. The van der Waals surface area contributed by atoms with Gasteiger partial charge in [0, 0.05) is 0 Å². The largest absolute Gasteiger partial charge is 0.465 e. The molecule has 5 nitrogen and oxygen atoms in total. The number of ether oxygens (including phenoxy) is 1. The van der Waals surface area contributed by atoms with Gasteiger partial charge in [-0.1, -0.05) is 0 Å². The lowest BCUT2D eigenvalue weighted by atomic mass is 10.5. The SMILES string of the molecule is CNC.NCCCOC(=O)CN. The number of carbonyl (C=O) groups is 1. The first kappa shape index (κ1) is 13.9. The van der Waals surface area contributed by atoms with E-state index in [-0.39, 0.29) is 12.5 Å². The summed E-state index contributed by atoms with van der Waals surface area (Å²) in [4.78, 5) is 10.3. The molecule has 0 aliphatic carbocycles. The molecule has 0 aliphatic rings. The summed E-state index contributed by atoms with van der Waals surface area (Å²) < 4.78 is 4.59. The summed E-state index contributed by atoms with van der Waals surface area (Å²) >= 11 is 0. The van der Waals surface area contributed by atoms with Crippen LogP contribution >= 0.6 is 0 Å². The van der Waals surface area contributed by atoms with Crippen molar-refractivity contribution >= 4 is 5.97 Å². The van der Waals surface area contributed by atoms with Gasteiger partial charge in [0.25, 0.3) is 0 Å². The molecule has 5 heteroatoms. The lowest BCUT2D eigenvalue weighted by Crippen LogP contribution is -2.18. The minimum Gasteiger partial charge on any atom is -0.465 e. The molecule has 0 fully saturated rings. The van der Waals surface area contributed by atoms with Crippen LogP contribution in [0.1, 0.15) is 6.42 Å². The third kappa shape index (κ3) is 16.2. The maximum atomic E-state index is 10.3. The maximum absolute atomic E-state index is 10.3. The molecule has 12 heavy (non-hydrogen) atoms. The molecule has 0 saturated carbocycles. The number of hydrogen-bond acceptors (Lipinski definition) is 5. The van der Waals surface area contributed by atoms with Gasteiger partial charge in [0.05, 0.1) is 13.2 Å². The maximum Gasteiger partial charge on any atom is 0.319 e. The van der Waals surface area contributed by atoms with Crippen molar-refractivity contribution in [1.29, 1.82) is 0 Å². The molecule has 5 N–H and O–H groups in total. The molecule has 0 bridgehead atoms. The molecule has 0 aliphatic heterocycles. The standard InChI is InChI=1S/C5H12N2O2.C2H7N/c6-2-1-3-9-5(8)4-7;1-3-2/h1-4,6-7H2;3H,1-2H3. The lowest BCUT2D eigenvalue weighted by Gasteiger charge is -1.99. The van der Waals surface area contributed by atoms with Crippen molar-refractivity contribution in [2.45, 2.75) is 6.42 Å². The highest BCUT2D eigenvalue weighted by Crippen LogP contribution is 1.78. The fourth-order valence-electron chi connectivity index (χ4n) is 0.328. The van der Waals surface area contributed by atoms with Crippen molar-refractivity contribution in [2.75, 3.05) is 33.8 Å². The first-order valence-corrected chi connectivity index (χ1v) is 3.87. The first-order valence-electron chi connectivity index (χ1n) is 3.87. The second-order valence-electron chi connectivity index (χ2n) is 2.07. The van der Waals surface area contributed by atoms with Crippen molar-refractivity contribution in [3.05, 3.63) is 0 Å². The summed E-state index contributed by atoms with van der Waals surface area (Å²) in [5.74, 6) is -0.372. The number of carbonyl (C=O) groups excluding carboxylic acids is 1. The molecule has 0 saturated heterocycles. The zero-order chi connectivity index (χ0) is 9.82. The quantitative estimate of drug-likeness (QED) is 0.366. The summed E-state index contributed by atoms with van der Waals surface area (Å²) in [6, 6.07) is 0. The average molecular weight is 177 g/mol. The fourth-order valence-corrected chi connectivity index (χ4v) is 0.328. The van der Waals surface area contributed by atoms with Gasteiger partial charge in [-0.05, 0) is 27.1 Å². The van der Waals surface area contributed by atoms with Gasteiger partial charge in [0.2, 0.25) is 0 Å². The zero-order valence-electron chi connectivity index (χ0n) is 7.80. The molecule has 0 aromatic heterocycles. The van der Waals surface area contributed by atoms with Crippen LogP contribution in [0.4, 0.5) is 0 Å². The van der Waals surface area contributed by atoms with Gasteiger partial charge in [-0.3, -0.25) is 4.79 Å². The molecule has 0 heterocycles. The molecule has 0 rings (SSSR count). The Hall–Kier alpha value is -0.650. The molecule has 0 aromatic rings. The summed E-state index contributed by atoms with van der Waals surface area (Å²) in [5, 5.41) is 2.75. The van der Waals surface area contributed by atoms with Crippen molar-refractivity contribution in [3.8, 4) is 0 Å². The third-order valence-electron chi connectivity index (χ3n) is 0.778. The Morgan fingerprint density at radius 1 is 1.42 bits per heavy atom. The second-order valence-corrected chi connectivity index (χ2v) is 2.07. The Labute approximate surface area is 73.4 Å². The van der Waals surface area contributed by atoms with Crippen LogP contribution in [0, 0.1) is 0 Å². The minimum atomic E-state index is -0.372. The van der Waals surface area contributed by atoms with Crippen LogP contribution in [0.2, 0.25) is 0 Å². The molecule has 0 atom stereocenters. The smallest absolute Gasteiger partial charge is 0.319 e. The third-order valence-corrected chi connectivity index (χ3v) is 0.778. The topological polar surface area (TPSA) is 90.4 Å². The van der Waals surface area contributed by atoms with Gasteiger partial charge < -0.3 is 21.5 Å². The van der Waals surface area contributed by atoms with Crippen molar-refractivity contribution in [2.24, 2.45) is 11.5 Å². The van der Waals surface area contributed by atoms with Crippen LogP contribution in [0.5, 0.6) is 0 Å². The van der Waals surface area contributed by atoms with Crippen LogP contribution in [0.15, 0.2) is 0 Å². The normalized spacial score (nSPS) is 8.33. The first-order chi connectivity index (χ1) is 5.72. The highest BCUT2D eigenvalue weighted by Gasteiger charge is 1.94. The fraction of sp³-hybridized carbons (Fsp3) is 0.857. The van der Waals surface area contributed by atoms with E-state index in [4.69, 9.17) is 11.5 Å². The molecule has 0 aromatic carbocycles. The van der Waals surface area contributed by atoms with E-state index in [0.717, 1.165) is 0 Å². The van der Waals surface area contributed by atoms with E-state index in [1.165, 1.54) is 0 Å². The zero-order valence-corrected chi connectivity index (χ0v) is 7.80. The van der Waals surface area contributed by atoms with E-state index in [1.54, 1.807) is 0 Å². The highest BCUT2D eigenvalue weighted by atomic mass is 16.5. The van der Waals surface area contributed by atoms with Crippen LogP contribution < -0.4 is 16.8 Å². The molecular weight excluding hydrogens is 158 g/mol. The second kappa shape index (κ2) is 13.0. The van der Waals surface area contributed by atoms with Gasteiger partial charge in [-0.2, -0.15) is 0 Å². The molecule has 0 unspecified atom stereocenters. The molecular formula is C7H19N3O2. The highest BCUT2D eigenvalue weighted by molar-refractivity contribution is 5.71. The van der Waals surface area contributed by atoms with Crippen LogP contribution in [-0.2, 0) is 9.53 Å². The van der Waals surface area contributed by atoms with Crippen LogP contribution in [-0.4, -0.2) is 39.8 Å². The number of hydrogen-bond donors (Lipinski definition) is 3. The van der Waals surface area contributed by atoms with Gasteiger partial charge in [-0.25, -0.2) is 0 Å². The van der Waals surface area contributed by atoms with E-state index in [9.17, 15) is 4.79 Å². The lowest BCUT2D eigenvalue weighted by molar-refractivity contribution is -0.141. The van der Waals surface area contributed by atoms with E-state index >= 15 is 0 Å². The van der Waals surface area contributed by atoms with E-state index in [0.29, 0.717) is 19.6 Å². The monoisotopic (exact) mass is 177 g/mol. The predicted octanol–water partition coefficient (Wildman–Crippen LogP) is -1.33. The Kier molecular flexibility index (Phi) is 15.0. The Bertz CT molecular complexity index is 98.7. The summed E-state index contributed by atoms with van der Waals surface area (Å²) in [5.41, 5.74) is 10.1. The van der Waals surface area contributed by atoms with Crippen molar-refractivity contribution in [3.63, 3.8) is 0 Å². The van der Waals surface area contributed by atoms with Gasteiger partial charge in [0.1, 0.15) is 0 Å². The van der Waals surface area contributed by atoms with Crippen molar-refractivity contribution in [1.82, 2.24) is 5.32 Å². The molecule has 0 amide bonds. The number of rotatable bonds is 4. The average Bonchev–Trinajstić information content (AvgIpc) is 2.06.